The topological polar surface area (TPSA) is 42.1 Å². The summed E-state index contributed by atoms with van der Waals surface area (Å²) in [6, 6.07) is 11.8. The molecule has 1 aromatic carbocycles. The van der Waals surface area contributed by atoms with Gasteiger partial charge in [-0.25, -0.2) is 0 Å². The van der Waals surface area contributed by atoms with Crippen LogP contribution in [0.15, 0.2) is 67.1 Å². The monoisotopic (exact) mass is 325 g/mol. The van der Waals surface area contributed by atoms with Gasteiger partial charge in [0.2, 0.25) is 0 Å². The van der Waals surface area contributed by atoms with Gasteiger partial charge in [0.25, 0.3) is 0 Å². The lowest BCUT2D eigenvalue weighted by molar-refractivity contribution is -0.115. The van der Waals surface area contributed by atoms with Crippen LogP contribution in [0.3, 0.4) is 0 Å². The van der Waals surface area contributed by atoms with Gasteiger partial charge in [0.05, 0.1) is 6.26 Å². The Morgan fingerprint density at radius 2 is 1.92 bits per heavy atom. The minimum absolute atomic E-state index is 0.0768. The van der Waals surface area contributed by atoms with E-state index in [4.69, 9.17) is 4.74 Å². The predicted molar refractivity (Wildman–Crippen MR) is 100.0 cm³/mol. The van der Waals surface area contributed by atoms with E-state index in [1.54, 1.807) is 12.3 Å². The third kappa shape index (κ3) is 6.29. The van der Waals surface area contributed by atoms with Crippen LogP contribution in [0.4, 0.5) is 0 Å². The van der Waals surface area contributed by atoms with Crippen molar-refractivity contribution in [3.8, 4) is 0 Å². The SMILES string of the molecule is C=CCO/C=C(/Cc1ccc[nH]1)C(=O)Cc1ccccc1C.CC. The molecule has 0 saturated heterocycles. The molecule has 0 aliphatic heterocycles. The quantitative estimate of drug-likeness (QED) is 0.328. The Hall–Kier alpha value is -2.55. The number of benzene rings is 1. The zero-order chi connectivity index (χ0) is 17.8. The second-order valence-electron chi connectivity index (χ2n) is 5.16. The second kappa shape index (κ2) is 11.1. The van der Waals surface area contributed by atoms with Gasteiger partial charge in [-0.15, -0.1) is 0 Å². The van der Waals surface area contributed by atoms with E-state index in [0.717, 1.165) is 16.8 Å². The molecule has 2 aromatic rings. The van der Waals surface area contributed by atoms with Crippen LogP contribution in [0.5, 0.6) is 0 Å². The first-order valence-electron chi connectivity index (χ1n) is 8.32. The average Bonchev–Trinajstić information content (AvgIpc) is 3.11. The third-order valence-corrected chi connectivity index (χ3v) is 3.45. The number of carbonyl (C=O) groups excluding carboxylic acids is 1. The maximum atomic E-state index is 12.6. The lowest BCUT2D eigenvalue weighted by Crippen LogP contribution is -2.11. The Morgan fingerprint density at radius 1 is 1.17 bits per heavy atom. The van der Waals surface area contributed by atoms with E-state index >= 15 is 0 Å². The Bertz CT molecular complexity index is 654. The average molecular weight is 325 g/mol. The summed E-state index contributed by atoms with van der Waals surface area (Å²) in [5.41, 5.74) is 3.83. The van der Waals surface area contributed by atoms with Crippen molar-refractivity contribution < 1.29 is 9.53 Å². The summed E-state index contributed by atoms with van der Waals surface area (Å²) in [6.45, 7) is 10.0. The highest BCUT2D eigenvalue weighted by Crippen LogP contribution is 2.14. The standard InChI is InChI=1S/C19H21NO2.C2H6/c1-3-11-22-14-17(12-18-9-6-10-20-18)19(21)13-16-8-5-4-7-15(16)2;1-2/h3-10,14,20H,1,11-13H2,2H3;1-2H3/b17-14-;. The molecule has 0 unspecified atom stereocenters. The van der Waals surface area contributed by atoms with Crippen LogP contribution in [0, 0.1) is 6.92 Å². The van der Waals surface area contributed by atoms with Crippen molar-refractivity contribution in [2.75, 3.05) is 6.61 Å². The van der Waals surface area contributed by atoms with E-state index in [2.05, 4.69) is 11.6 Å². The molecular weight excluding hydrogens is 298 g/mol. The van der Waals surface area contributed by atoms with Gasteiger partial charge in [0, 0.05) is 30.3 Å². The van der Waals surface area contributed by atoms with E-state index in [0.29, 0.717) is 25.0 Å². The predicted octanol–water partition coefficient (Wildman–Crippen LogP) is 4.79. The maximum Gasteiger partial charge on any atom is 0.166 e. The van der Waals surface area contributed by atoms with Gasteiger partial charge < -0.3 is 9.72 Å². The number of aryl methyl sites for hydroxylation is 1. The van der Waals surface area contributed by atoms with E-state index in [1.807, 2.05) is 63.4 Å². The fraction of sp³-hybridized carbons (Fsp3) is 0.286. The lowest BCUT2D eigenvalue weighted by Gasteiger charge is -2.08. The van der Waals surface area contributed by atoms with Crippen molar-refractivity contribution in [2.45, 2.75) is 33.6 Å². The molecule has 0 aliphatic carbocycles. The summed E-state index contributed by atoms with van der Waals surface area (Å²) >= 11 is 0. The van der Waals surface area contributed by atoms with Gasteiger partial charge in [0.15, 0.2) is 5.78 Å². The minimum Gasteiger partial charge on any atom is -0.497 e. The van der Waals surface area contributed by atoms with Crippen molar-refractivity contribution in [2.24, 2.45) is 0 Å². The fourth-order valence-corrected chi connectivity index (χ4v) is 2.20. The maximum absolute atomic E-state index is 12.6. The zero-order valence-corrected chi connectivity index (χ0v) is 14.8. The number of aromatic amines is 1. The number of H-pyrrole nitrogens is 1. The minimum atomic E-state index is 0.0768. The first-order chi connectivity index (χ1) is 11.7. The Morgan fingerprint density at radius 3 is 2.54 bits per heavy atom. The number of Topliss-reactive ketones (excluding diaryl/α,β-unsaturated/α-hetero) is 1. The Balaban J connectivity index is 0.00000139. The number of ether oxygens (including phenoxy) is 1. The van der Waals surface area contributed by atoms with E-state index in [-0.39, 0.29) is 5.78 Å². The van der Waals surface area contributed by atoms with Crippen LogP contribution in [0.25, 0.3) is 0 Å². The van der Waals surface area contributed by atoms with Crippen LogP contribution in [0.2, 0.25) is 0 Å². The summed E-state index contributed by atoms with van der Waals surface area (Å²) in [4.78, 5) is 15.7. The van der Waals surface area contributed by atoms with Crippen LogP contribution in [-0.4, -0.2) is 17.4 Å². The van der Waals surface area contributed by atoms with Gasteiger partial charge in [-0.1, -0.05) is 50.8 Å². The lowest BCUT2D eigenvalue weighted by atomic mass is 9.98. The van der Waals surface area contributed by atoms with Gasteiger partial charge in [0.1, 0.15) is 6.61 Å². The number of rotatable bonds is 8. The molecule has 3 heteroatoms. The molecule has 3 nitrogen and oxygen atoms in total. The molecule has 0 amide bonds. The van der Waals surface area contributed by atoms with Crippen molar-refractivity contribution >= 4 is 5.78 Å². The molecule has 0 fully saturated rings. The number of hydrogen-bond acceptors (Lipinski definition) is 2. The van der Waals surface area contributed by atoms with Crippen LogP contribution in [-0.2, 0) is 22.4 Å². The van der Waals surface area contributed by atoms with Gasteiger partial charge in [-0.3, -0.25) is 4.79 Å². The highest BCUT2D eigenvalue weighted by molar-refractivity contribution is 5.97. The molecule has 0 atom stereocenters. The fourth-order valence-electron chi connectivity index (χ4n) is 2.20. The zero-order valence-electron chi connectivity index (χ0n) is 14.8. The summed E-state index contributed by atoms with van der Waals surface area (Å²) in [5.74, 6) is 0.0768. The molecule has 0 aliphatic rings. The van der Waals surface area contributed by atoms with E-state index < -0.39 is 0 Å². The Kier molecular flexibility index (Phi) is 8.98. The summed E-state index contributed by atoms with van der Waals surface area (Å²) in [6.07, 6.45) is 5.99. The van der Waals surface area contributed by atoms with Gasteiger partial charge in [-0.05, 0) is 30.2 Å². The molecular formula is C21H27NO2. The number of allylic oxidation sites excluding steroid dienone is 1. The first-order valence-corrected chi connectivity index (χ1v) is 8.32. The van der Waals surface area contributed by atoms with E-state index in [1.165, 1.54) is 0 Å². The molecule has 1 aromatic heterocycles. The highest BCUT2D eigenvalue weighted by atomic mass is 16.5. The van der Waals surface area contributed by atoms with Crippen LogP contribution in [0.1, 0.15) is 30.7 Å². The van der Waals surface area contributed by atoms with Crippen molar-refractivity contribution in [3.05, 3.63) is 83.9 Å². The second-order valence-corrected chi connectivity index (χ2v) is 5.16. The van der Waals surface area contributed by atoms with Crippen LogP contribution < -0.4 is 0 Å². The largest absolute Gasteiger partial charge is 0.497 e. The molecule has 0 radical (unpaired) electrons. The first kappa shape index (κ1) is 19.5. The normalized spacial score (nSPS) is 10.5. The van der Waals surface area contributed by atoms with Crippen LogP contribution >= 0.6 is 0 Å². The number of ketones is 1. The number of aromatic nitrogens is 1. The molecule has 1 heterocycles. The number of carbonyl (C=O) groups is 1. The number of nitrogens with one attached hydrogen (secondary N) is 1. The molecule has 24 heavy (non-hydrogen) atoms. The molecule has 128 valence electrons. The summed E-state index contributed by atoms with van der Waals surface area (Å²) in [5, 5.41) is 0. The van der Waals surface area contributed by atoms with Gasteiger partial charge in [-0.2, -0.15) is 0 Å². The van der Waals surface area contributed by atoms with Crippen molar-refractivity contribution in [1.29, 1.82) is 0 Å². The third-order valence-electron chi connectivity index (χ3n) is 3.45. The van der Waals surface area contributed by atoms with E-state index in [9.17, 15) is 4.79 Å². The van der Waals surface area contributed by atoms with Crippen molar-refractivity contribution in [1.82, 2.24) is 4.98 Å². The summed E-state index contributed by atoms with van der Waals surface area (Å²) in [7, 11) is 0. The molecule has 0 bridgehead atoms. The van der Waals surface area contributed by atoms with Gasteiger partial charge >= 0.3 is 0 Å². The van der Waals surface area contributed by atoms with Crippen molar-refractivity contribution in [3.63, 3.8) is 0 Å². The molecule has 0 saturated carbocycles. The Labute approximate surface area is 145 Å². The highest BCUT2D eigenvalue weighted by Gasteiger charge is 2.13. The number of hydrogen-bond donors (Lipinski definition) is 1. The molecule has 2 rings (SSSR count). The summed E-state index contributed by atoms with van der Waals surface area (Å²) < 4.78 is 5.37. The molecule has 0 spiro atoms. The smallest absolute Gasteiger partial charge is 0.166 e. The molecule has 1 N–H and O–H groups in total.